The topological polar surface area (TPSA) is 28.5 Å². The predicted octanol–water partition coefficient (Wildman–Crippen LogP) is 5.44. The van der Waals surface area contributed by atoms with E-state index in [2.05, 4.69) is 95.4 Å². The van der Waals surface area contributed by atoms with Crippen LogP contribution < -0.4 is 4.90 Å². The molecule has 3 aromatic carbocycles. The number of thioether (sulfide) groups is 1. The van der Waals surface area contributed by atoms with Gasteiger partial charge in [0.2, 0.25) is 5.91 Å². The van der Waals surface area contributed by atoms with Gasteiger partial charge >= 0.3 is 0 Å². The fraction of sp³-hybridized carbons (Fsp3) is 0.250. The van der Waals surface area contributed by atoms with Crippen LogP contribution in [0.1, 0.15) is 11.1 Å². The molecule has 0 N–H and O–H groups in total. The molecule has 1 fully saturated rings. The molecule has 33 heavy (non-hydrogen) atoms. The van der Waals surface area contributed by atoms with E-state index in [0.29, 0.717) is 5.75 Å². The summed E-state index contributed by atoms with van der Waals surface area (Å²) in [5.74, 6) is 0.701. The van der Waals surface area contributed by atoms with Crippen LogP contribution in [0.3, 0.4) is 0 Å². The maximum Gasteiger partial charge on any atom is 0.233 e. The maximum atomic E-state index is 13.0. The third-order valence-electron chi connectivity index (χ3n) is 6.33. The number of carbonyl (C=O) groups is 1. The number of aromatic nitrogens is 1. The first-order chi connectivity index (χ1) is 16.2. The van der Waals surface area contributed by atoms with Gasteiger partial charge in [0.1, 0.15) is 0 Å². The molecule has 1 saturated heterocycles. The average molecular weight is 456 g/mol. The van der Waals surface area contributed by atoms with Crippen molar-refractivity contribution in [3.8, 4) is 0 Å². The number of hydrogen-bond acceptors (Lipinski definition) is 3. The van der Waals surface area contributed by atoms with E-state index in [1.54, 1.807) is 11.8 Å². The fourth-order valence-corrected chi connectivity index (χ4v) is 5.42. The molecule has 1 aliphatic heterocycles. The molecule has 0 atom stereocenters. The van der Waals surface area contributed by atoms with Gasteiger partial charge in [-0.3, -0.25) is 4.79 Å². The number of benzene rings is 3. The molecule has 0 aliphatic carbocycles. The molecule has 5 rings (SSSR count). The zero-order valence-corrected chi connectivity index (χ0v) is 19.8. The zero-order valence-electron chi connectivity index (χ0n) is 19.0. The third-order valence-corrected chi connectivity index (χ3v) is 7.36. The van der Waals surface area contributed by atoms with Crippen LogP contribution in [-0.4, -0.2) is 47.3 Å². The lowest BCUT2D eigenvalue weighted by atomic mass is 10.1. The molecule has 0 unspecified atom stereocenters. The standard InChI is InChI=1S/C28H29N3OS/c1-22-11-13-23(14-12-22)19-31-20-27(25-9-5-6-10-26(25)31)33-21-28(32)30-17-15-29(16-18-30)24-7-3-2-4-8-24/h2-14,20H,15-19,21H2,1H3. The summed E-state index contributed by atoms with van der Waals surface area (Å²) < 4.78 is 2.30. The molecule has 0 radical (unpaired) electrons. The number of piperazine rings is 1. The fourth-order valence-electron chi connectivity index (χ4n) is 4.43. The Labute approximate surface area is 199 Å². The Morgan fingerprint density at radius 3 is 2.30 bits per heavy atom. The van der Waals surface area contributed by atoms with Crippen molar-refractivity contribution in [3.63, 3.8) is 0 Å². The van der Waals surface area contributed by atoms with Crippen molar-refractivity contribution in [2.24, 2.45) is 0 Å². The van der Waals surface area contributed by atoms with Crippen molar-refractivity contribution in [2.45, 2.75) is 18.4 Å². The minimum Gasteiger partial charge on any atom is -0.368 e. The second-order valence-electron chi connectivity index (χ2n) is 8.62. The molecule has 0 spiro atoms. The maximum absolute atomic E-state index is 13.0. The highest BCUT2D eigenvalue weighted by molar-refractivity contribution is 8.00. The van der Waals surface area contributed by atoms with E-state index in [1.165, 1.54) is 32.6 Å². The Hall–Kier alpha value is -3.18. The molecular formula is C28H29N3OS. The summed E-state index contributed by atoms with van der Waals surface area (Å²) in [7, 11) is 0. The Morgan fingerprint density at radius 2 is 1.55 bits per heavy atom. The first-order valence-corrected chi connectivity index (χ1v) is 12.5. The normalized spacial score (nSPS) is 14.1. The Balaban J connectivity index is 1.23. The number of nitrogens with zero attached hydrogens (tertiary/aromatic N) is 3. The molecule has 4 aromatic rings. The highest BCUT2D eigenvalue weighted by Crippen LogP contribution is 2.31. The molecule has 1 amide bonds. The van der Waals surface area contributed by atoms with Crippen molar-refractivity contribution in [1.29, 1.82) is 0 Å². The van der Waals surface area contributed by atoms with Gasteiger partial charge in [-0.2, -0.15) is 0 Å². The summed E-state index contributed by atoms with van der Waals surface area (Å²) >= 11 is 1.66. The molecule has 0 bridgehead atoms. The molecule has 168 valence electrons. The van der Waals surface area contributed by atoms with Crippen LogP contribution >= 0.6 is 11.8 Å². The number of aryl methyl sites for hydroxylation is 1. The SMILES string of the molecule is Cc1ccc(Cn2cc(SCC(=O)N3CCN(c4ccccc4)CC3)c3ccccc32)cc1. The van der Waals surface area contributed by atoms with Crippen LogP contribution in [0.15, 0.2) is 90.0 Å². The van der Waals surface area contributed by atoms with Gasteiger partial charge in [0.15, 0.2) is 0 Å². The predicted molar refractivity (Wildman–Crippen MR) is 138 cm³/mol. The number of para-hydroxylation sites is 2. The molecule has 2 heterocycles. The number of rotatable bonds is 6. The summed E-state index contributed by atoms with van der Waals surface area (Å²) in [6.07, 6.45) is 2.20. The zero-order chi connectivity index (χ0) is 22.6. The quantitative estimate of drug-likeness (QED) is 0.363. The van der Waals surface area contributed by atoms with E-state index in [-0.39, 0.29) is 5.91 Å². The van der Waals surface area contributed by atoms with Crippen molar-refractivity contribution >= 4 is 34.3 Å². The Morgan fingerprint density at radius 1 is 0.848 bits per heavy atom. The molecule has 0 saturated carbocycles. The molecule has 5 heteroatoms. The van der Waals surface area contributed by atoms with Crippen LogP contribution in [-0.2, 0) is 11.3 Å². The lowest BCUT2D eigenvalue weighted by molar-refractivity contribution is -0.128. The van der Waals surface area contributed by atoms with E-state index in [4.69, 9.17) is 0 Å². The number of fused-ring (bicyclic) bond motifs is 1. The van der Waals surface area contributed by atoms with Crippen LogP contribution in [0.25, 0.3) is 10.9 Å². The lowest BCUT2D eigenvalue weighted by Gasteiger charge is -2.36. The summed E-state index contributed by atoms with van der Waals surface area (Å²) in [6, 6.07) is 27.6. The van der Waals surface area contributed by atoms with Crippen LogP contribution in [0.5, 0.6) is 0 Å². The van der Waals surface area contributed by atoms with Crippen LogP contribution in [0.2, 0.25) is 0 Å². The van der Waals surface area contributed by atoms with Gasteiger partial charge in [-0.25, -0.2) is 0 Å². The number of anilines is 1. The largest absolute Gasteiger partial charge is 0.368 e. The smallest absolute Gasteiger partial charge is 0.233 e. The second-order valence-corrected chi connectivity index (χ2v) is 9.63. The van der Waals surface area contributed by atoms with Gasteiger partial charge in [0, 0.05) is 60.4 Å². The second kappa shape index (κ2) is 9.75. The Bertz CT molecular complexity index is 1230. The number of carbonyl (C=O) groups excluding carboxylic acids is 1. The van der Waals surface area contributed by atoms with Crippen LogP contribution in [0.4, 0.5) is 5.69 Å². The van der Waals surface area contributed by atoms with Gasteiger partial charge in [-0.15, -0.1) is 11.8 Å². The van der Waals surface area contributed by atoms with E-state index in [1.807, 2.05) is 11.0 Å². The minimum atomic E-state index is 0.225. The molecule has 4 nitrogen and oxygen atoms in total. The molecule has 1 aromatic heterocycles. The first-order valence-electron chi connectivity index (χ1n) is 11.5. The first kappa shape index (κ1) is 21.7. The summed E-state index contributed by atoms with van der Waals surface area (Å²) in [5, 5.41) is 1.22. The molecule has 1 aliphatic rings. The summed E-state index contributed by atoms with van der Waals surface area (Å²) in [4.78, 5) is 18.5. The van der Waals surface area contributed by atoms with Gasteiger partial charge in [0.05, 0.1) is 5.75 Å². The lowest BCUT2D eigenvalue weighted by Crippen LogP contribution is -2.49. The van der Waals surface area contributed by atoms with Crippen molar-refractivity contribution in [2.75, 3.05) is 36.8 Å². The highest BCUT2D eigenvalue weighted by Gasteiger charge is 2.21. The highest BCUT2D eigenvalue weighted by atomic mass is 32.2. The van der Waals surface area contributed by atoms with Gasteiger partial charge in [0.25, 0.3) is 0 Å². The van der Waals surface area contributed by atoms with E-state index >= 15 is 0 Å². The summed E-state index contributed by atoms with van der Waals surface area (Å²) in [6.45, 7) is 6.28. The van der Waals surface area contributed by atoms with Crippen molar-refractivity contribution < 1.29 is 4.79 Å². The number of hydrogen-bond donors (Lipinski definition) is 0. The van der Waals surface area contributed by atoms with E-state index < -0.39 is 0 Å². The average Bonchev–Trinajstić information content (AvgIpc) is 3.22. The third kappa shape index (κ3) is 4.93. The molecular weight excluding hydrogens is 426 g/mol. The summed E-state index contributed by atoms with van der Waals surface area (Å²) in [5.41, 5.74) is 5.01. The van der Waals surface area contributed by atoms with E-state index in [9.17, 15) is 4.79 Å². The van der Waals surface area contributed by atoms with Gasteiger partial charge in [-0.1, -0.05) is 66.2 Å². The monoisotopic (exact) mass is 455 g/mol. The van der Waals surface area contributed by atoms with Crippen molar-refractivity contribution in [1.82, 2.24) is 9.47 Å². The van der Waals surface area contributed by atoms with Gasteiger partial charge < -0.3 is 14.4 Å². The van der Waals surface area contributed by atoms with Gasteiger partial charge in [-0.05, 0) is 30.7 Å². The number of amides is 1. The van der Waals surface area contributed by atoms with Crippen molar-refractivity contribution in [3.05, 3.63) is 96.2 Å². The minimum absolute atomic E-state index is 0.225. The van der Waals surface area contributed by atoms with E-state index in [0.717, 1.165) is 32.7 Å². The Kier molecular flexibility index (Phi) is 6.40. The van der Waals surface area contributed by atoms with Crippen LogP contribution in [0, 0.1) is 6.92 Å².